The zero-order valence-electron chi connectivity index (χ0n) is 11.4. The van der Waals surface area contributed by atoms with E-state index in [1.165, 1.54) is 17.0 Å². The number of rotatable bonds is 6. The van der Waals surface area contributed by atoms with Gasteiger partial charge in [-0.2, -0.15) is 0 Å². The lowest BCUT2D eigenvalue weighted by Crippen LogP contribution is -2.31. The molecule has 0 aliphatic carbocycles. The number of carbonyl (C=O) groups is 2. The summed E-state index contributed by atoms with van der Waals surface area (Å²) in [5, 5.41) is 13.6. The second-order valence-corrected chi connectivity index (χ2v) is 5.70. The molecule has 118 valence electrons. The molecule has 0 saturated carbocycles. The Morgan fingerprint density at radius 2 is 2.23 bits per heavy atom. The molecule has 1 saturated heterocycles. The van der Waals surface area contributed by atoms with Crippen LogP contribution in [0.3, 0.4) is 0 Å². The molecule has 0 spiro atoms. The van der Waals surface area contributed by atoms with Gasteiger partial charge in [0.2, 0.25) is 11.1 Å². The SMILES string of the molecule is O=C(Cl)[C@H]1CC(=O)N(CCNc2ccc(Cl)cc2[N+](=O)[O-])C1. The monoisotopic (exact) mass is 345 g/mol. The number of nitro benzene ring substituents is 1. The van der Waals surface area contributed by atoms with Gasteiger partial charge in [0.15, 0.2) is 0 Å². The van der Waals surface area contributed by atoms with Crippen molar-refractivity contribution in [1.82, 2.24) is 4.90 Å². The lowest BCUT2D eigenvalue weighted by atomic mass is 10.1. The average molecular weight is 346 g/mol. The van der Waals surface area contributed by atoms with E-state index >= 15 is 0 Å². The maximum absolute atomic E-state index is 11.7. The van der Waals surface area contributed by atoms with Crippen LogP contribution < -0.4 is 5.32 Å². The minimum Gasteiger partial charge on any atom is -0.378 e. The predicted molar refractivity (Wildman–Crippen MR) is 82.1 cm³/mol. The van der Waals surface area contributed by atoms with E-state index in [0.29, 0.717) is 18.8 Å². The van der Waals surface area contributed by atoms with Crippen molar-refractivity contribution in [2.24, 2.45) is 5.92 Å². The average Bonchev–Trinajstić information content (AvgIpc) is 2.82. The summed E-state index contributed by atoms with van der Waals surface area (Å²) in [6.07, 6.45) is 0.115. The Morgan fingerprint density at radius 1 is 1.50 bits per heavy atom. The fourth-order valence-corrected chi connectivity index (χ4v) is 2.58. The van der Waals surface area contributed by atoms with Crippen molar-refractivity contribution >= 4 is 45.7 Å². The molecule has 1 aliphatic heterocycles. The third kappa shape index (κ3) is 3.86. The number of nitro groups is 1. The molecule has 9 heteroatoms. The van der Waals surface area contributed by atoms with Crippen molar-refractivity contribution in [2.75, 3.05) is 25.0 Å². The van der Waals surface area contributed by atoms with E-state index in [9.17, 15) is 19.7 Å². The highest BCUT2D eigenvalue weighted by molar-refractivity contribution is 6.64. The summed E-state index contributed by atoms with van der Waals surface area (Å²) in [5.74, 6) is -0.620. The summed E-state index contributed by atoms with van der Waals surface area (Å²) in [5.41, 5.74) is 0.195. The molecule has 1 amide bonds. The number of hydrogen-bond donors (Lipinski definition) is 1. The first-order chi connectivity index (χ1) is 10.4. The number of amides is 1. The number of hydrogen-bond acceptors (Lipinski definition) is 5. The van der Waals surface area contributed by atoms with E-state index in [1.807, 2.05) is 0 Å². The maximum Gasteiger partial charge on any atom is 0.293 e. The van der Waals surface area contributed by atoms with Gasteiger partial charge >= 0.3 is 0 Å². The molecule has 22 heavy (non-hydrogen) atoms. The van der Waals surface area contributed by atoms with E-state index in [4.69, 9.17) is 23.2 Å². The number of halogens is 2. The minimum absolute atomic E-state index is 0.115. The lowest BCUT2D eigenvalue weighted by molar-refractivity contribution is -0.383. The molecule has 1 aromatic carbocycles. The standard InChI is InChI=1S/C13H13Cl2N3O4/c14-9-1-2-10(11(6-9)18(21)22)16-3-4-17-7-8(13(15)20)5-12(17)19/h1-2,6,8,16H,3-5,7H2/t8-/m0/s1. The summed E-state index contributed by atoms with van der Waals surface area (Å²) in [7, 11) is 0. The first kappa shape index (κ1) is 16.5. The van der Waals surface area contributed by atoms with Crippen LogP contribution in [0, 0.1) is 16.0 Å². The Hall–Kier alpha value is -1.86. The minimum atomic E-state index is -0.530. The van der Waals surface area contributed by atoms with Crippen LogP contribution in [-0.2, 0) is 9.59 Å². The second kappa shape index (κ2) is 6.93. The summed E-state index contributed by atoms with van der Waals surface area (Å²) >= 11 is 11.1. The Kier molecular flexibility index (Phi) is 5.20. The highest BCUT2D eigenvalue weighted by Gasteiger charge is 2.33. The van der Waals surface area contributed by atoms with Gasteiger partial charge < -0.3 is 10.2 Å². The summed E-state index contributed by atoms with van der Waals surface area (Å²) in [6, 6.07) is 4.31. The van der Waals surface area contributed by atoms with E-state index in [-0.39, 0.29) is 29.6 Å². The molecule has 0 bridgehead atoms. The molecule has 0 radical (unpaired) electrons. The number of nitrogens with one attached hydrogen (secondary N) is 1. The van der Waals surface area contributed by atoms with Crippen LogP contribution in [0.1, 0.15) is 6.42 Å². The van der Waals surface area contributed by atoms with Gasteiger partial charge in [-0.05, 0) is 23.7 Å². The second-order valence-electron chi connectivity index (χ2n) is 4.89. The zero-order valence-corrected chi connectivity index (χ0v) is 12.9. The van der Waals surface area contributed by atoms with Crippen LogP contribution in [0.25, 0.3) is 0 Å². The van der Waals surface area contributed by atoms with Crippen LogP contribution in [0.15, 0.2) is 18.2 Å². The molecular formula is C13H13Cl2N3O4. The largest absolute Gasteiger partial charge is 0.378 e. The third-order valence-electron chi connectivity index (χ3n) is 3.39. The van der Waals surface area contributed by atoms with E-state index < -0.39 is 16.1 Å². The zero-order chi connectivity index (χ0) is 16.3. The van der Waals surface area contributed by atoms with Crippen molar-refractivity contribution in [3.63, 3.8) is 0 Å². The molecule has 1 N–H and O–H groups in total. The Balaban J connectivity index is 1.93. The van der Waals surface area contributed by atoms with Crippen LogP contribution >= 0.6 is 23.2 Å². The quantitative estimate of drug-likeness (QED) is 0.485. The van der Waals surface area contributed by atoms with Gasteiger partial charge in [0.25, 0.3) is 5.69 Å². The number of benzene rings is 1. The lowest BCUT2D eigenvalue weighted by Gasteiger charge is -2.16. The van der Waals surface area contributed by atoms with Gasteiger partial charge in [-0.1, -0.05) is 11.6 Å². The fraction of sp³-hybridized carbons (Fsp3) is 0.385. The number of nitrogens with zero attached hydrogens (tertiary/aromatic N) is 2. The van der Waals surface area contributed by atoms with Crippen molar-refractivity contribution in [3.05, 3.63) is 33.3 Å². The van der Waals surface area contributed by atoms with Crippen LogP contribution in [0.4, 0.5) is 11.4 Å². The Labute approximate surface area is 136 Å². The summed E-state index contributed by atoms with van der Waals surface area (Å²) in [4.78, 5) is 34.7. The third-order valence-corrected chi connectivity index (χ3v) is 3.93. The van der Waals surface area contributed by atoms with E-state index in [1.54, 1.807) is 6.07 Å². The van der Waals surface area contributed by atoms with Gasteiger partial charge in [0, 0.05) is 37.1 Å². The first-order valence-electron chi connectivity index (χ1n) is 6.53. The van der Waals surface area contributed by atoms with Crippen molar-refractivity contribution in [2.45, 2.75) is 6.42 Å². The molecular weight excluding hydrogens is 333 g/mol. The maximum atomic E-state index is 11.7. The van der Waals surface area contributed by atoms with Crippen LogP contribution in [-0.4, -0.2) is 40.6 Å². The predicted octanol–water partition coefficient (Wildman–Crippen LogP) is 2.27. The van der Waals surface area contributed by atoms with Crippen LogP contribution in [0.5, 0.6) is 0 Å². The fourth-order valence-electron chi connectivity index (χ4n) is 2.27. The molecule has 0 unspecified atom stereocenters. The van der Waals surface area contributed by atoms with E-state index in [0.717, 1.165) is 0 Å². The highest BCUT2D eigenvalue weighted by Crippen LogP contribution is 2.27. The molecule has 1 aromatic rings. The summed E-state index contributed by atoms with van der Waals surface area (Å²) < 4.78 is 0. The van der Waals surface area contributed by atoms with Crippen molar-refractivity contribution in [1.29, 1.82) is 0 Å². The highest BCUT2D eigenvalue weighted by atomic mass is 35.5. The number of anilines is 1. The van der Waals surface area contributed by atoms with Gasteiger partial charge in [0.05, 0.1) is 10.8 Å². The summed E-state index contributed by atoms with van der Waals surface area (Å²) in [6.45, 7) is 0.933. The van der Waals surface area contributed by atoms with Crippen molar-refractivity contribution < 1.29 is 14.5 Å². The molecule has 7 nitrogen and oxygen atoms in total. The van der Waals surface area contributed by atoms with Crippen LogP contribution in [0.2, 0.25) is 5.02 Å². The molecule has 1 heterocycles. The normalized spacial score (nSPS) is 17.6. The van der Waals surface area contributed by atoms with Gasteiger partial charge in [0.1, 0.15) is 5.69 Å². The molecule has 2 rings (SSSR count). The topological polar surface area (TPSA) is 92.6 Å². The smallest absolute Gasteiger partial charge is 0.293 e. The van der Waals surface area contributed by atoms with Crippen molar-refractivity contribution in [3.8, 4) is 0 Å². The number of likely N-dealkylation sites (tertiary alicyclic amines) is 1. The van der Waals surface area contributed by atoms with E-state index in [2.05, 4.69) is 5.32 Å². The first-order valence-corrected chi connectivity index (χ1v) is 7.29. The Bertz CT molecular complexity index is 623. The molecule has 0 aromatic heterocycles. The molecule has 1 aliphatic rings. The number of carbonyl (C=O) groups excluding carboxylic acids is 2. The molecule has 1 fully saturated rings. The van der Waals surface area contributed by atoms with Gasteiger partial charge in [-0.25, -0.2) is 0 Å². The molecule has 1 atom stereocenters. The van der Waals surface area contributed by atoms with Gasteiger partial charge in [-0.15, -0.1) is 0 Å². The Morgan fingerprint density at radius 3 is 2.82 bits per heavy atom. The van der Waals surface area contributed by atoms with Gasteiger partial charge in [-0.3, -0.25) is 19.7 Å².